The SMILES string of the molecule is COc1ccc(-c2nc3cc(C(=O)N4CCC(C)CC4)cnc3n2CCCCN2CCCC2)cc1Br. The number of likely N-dealkylation sites (tertiary alicyclic amines) is 2. The lowest BCUT2D eigenvalue weighted by Crippen LogP contribution is -2.37. The van der Waals surface area contributed by atoms with Gasteiger partial charge in [-0.05, 0) is 104 Å². The minimum absolute atomic E-state index is 0.0604. The summed E-state index contributed by atoms with van der Waals surface area (Å²) in [6.07, 6.45) is 8.71. The van der Waals surface area contributed by atoms with E-state index in [4.69, 9.17) is 14.7 Å². The van der Waals surface area contributed by atoms with E-state index in [1.165, 1.54) is 25.9 Å². The van der Waals surface area contributed by atoms with Gasteiger partial charge in [0.05, 0.1) is 17.1 Å². The van der Waals surface area contributed by atoms with Crippen LogP contribution in [0.15, 0.2) is 34.9 Å². The van der Waals surface area contributed by atoms with Crippen LogP contribution in [-0.4, -0.2) is 70.1 Å². The summed E-state index contributed by atoms with van der Waals surface area (Å²) in [5.41, 5.74) is 3.23. The number of aryl methyl sites for hydroxylation is 1. The number of hydrogen-bond donors (Lipinski definition) is 0. The fraction of sp³-hybridized carbons (Fsp3) is 0.536. The summed E-state index contributed by atoms with van der Waals surface area (Å²) in [5, 5.41) is 0. The molecule has 0 atom stereocenters. The molecule has 3 aromatic rings. The lowest BCUT2D eigenvalue weighted by atomic mass is 9.99. The molecular weight excluding hydrogens is 518 g/mol. The molecule has 4 heterocycles. The van der Waals surface area contributed by atoms with Crippen molar-refractivity contribution < 1.29 is 9.53 Å². The first kappa shape index (κ1) is 25.2. The third-order valence-electron chi connectivity index (χ3n) is 7.62. The van der Waals surface area contributed by atoms with Crippen LogP contribution in [0.1, 0.15) is 55.8 Å². The molecule has 0 aliphatic carbocycles. The van der Waals surface area contributed by atoms with Crippen LogP contribution in [0.2, 0.25) is 0 Å². The van der Waals surface area contributed by atoms with Gasteiger partial charge in [-0.15, -0.1) is 0 Å². The van der Waals surface area contributed by atoms with Gasteiger partial charge in [-0.25, -0.2) is 9.97 Å². The molecule has 2 aliphatic rings. The zero-order valence-electron chi connectivity index (χ0n) is 21.4. The highest BCUT2D eigenvalue weighted by Crippen LogP contribution is 2.32. The highest BCUT2D eigenvalue weighted by molar-refractivity contribution is 9.10. The summed E-state index contributed by atoms with van der Waals surface area (Å²) in [4.78, 5) is 27.5. The smallest absolute Gasteiger partial charge is 0.255 e. The van der Waals surface area contributed by atoms with Crippen molar-refractivity contribution in [1.29, 1.82) is 0 Å². The van der Waals surface area contributed by atoms with E-state index in [0.29, 0.717) is 11.5 Å². The van der Waals surface area contributed by atoms with Crippen LogP contribution in [0.25, 0.3) is 22.6 Å². The average Bonchev–Trinajstić information content (AvgIpc) is 3.54. The summed E-state index contributed by atoms with van der Waals surface area (Å²) in [5.74, 6) is 2.40. The molecule has 0 N–H and O–H groups in total. The van der Waals surface area contributed by atoms with Crippen molar-refractivity contribution in [3.05, 3.63) is 40.5 Å². The number of unbranched alkanes of at least 4 members (excludes halogenated alkanes) is 1. The highest BCUT2D eigenvalue weighted by Gasteiger charge is 2.23. The molecule has 0 radical (unpaired) electrons. The van der Waals surface area contributed by atoms with E-state index < -0.39 is 0 Å². The van der Waals surface area contributed by atoms with Crippen LogP contribution in [0.4, 0.5) is 0 Å². The molecule has 0 unspecified atom stereocenters. The second-order valence-electron chi connectivity index (χ2n) is 10.2. The van der Waals surface area contributed by atoms with Gasteiger partial charge in [0.2, 0.25) is 0 Å². The van der Waals surface area contributed by atoms with E-state index in [2.05, 4.69) is 32.3 Å². The number of fused-ring (bicyclic) bond motifs is 1. The first-order chi connectivity index (χ1) is 17.5. The summed E-state index contributed by atoms with van der Waals surface area (Å²) < 4.78 is 8.53. The van der Waals surface area contributed by atoms with Gasteiger partial charge >= 0.3 is 0 Å². The molecule has 36 heavy (non-hydrogen) atoms. The van der Waals surface area contributed by atoms with Crippen molar-refractivity contribution in [2.45, 2.75) is 52.0 Å². The van der Waals surface area contributed by atoms with Crippen LogP contribution >= 0.6 is 15.9 Å². The lowest BCUT2D eigenvalue weighted by molar-refractivity contribution is 0.0697. The maximum absolute atomic E-state index is 13.2. The number of hydrogen-bond acceptors (Lipinski definition) is 5. The number of halogens is 1. The van der Waals surface area contributed by atoms with E-state index in [-0.39, 0.29) is 5.91 Å². The van der Waals surface area contributed by atoms with Gasteiger partial charge < -0.3 is 19.1 Å². The molecule has 7 nitrogen and oxygen atoms in total. The van der Waals surface area contributed by atoms with E-state index in [0.717, 1.165) is 84.6 Å². The molecule has 2 aliphatic heterocycles. The van der Waals surface area contributed by atoms with E-state index in [9.17, 15) is 4.79 Å². The summed E-state index contributed by atoms with van der Waals surface area (Å²) in [6.45, 7) is 8.33. The van der Waals surface area contributed by atoms with Gasteiger partial charge in [-0.1, -0.05) is 6.92 Å². The van der Waals surface area contributed by atoms with Gasteiger partial charge in [0, 0.05) is 31.4 Å². The van der Waals surface area contributed by atoms with E-state index >= 15 is 0 Å². The number of aromatic nitrogens is 3. The van der Waals surface area contributed by atoms with Crippen molar-refractivity contribution >= 4 is 33.0 Å². The Morgan fingerprint density at radius 2 is 1.83 bits per heavy atom. The number of carbonyl (C=O) groups is 1. The molecule has 1 aromatic carbocycles. The molecule has 8 heteroatoms. The van der Waals surface area contributed by atoms with Crippen molar-refractivity contribution in [2.75, 3.05) is 39.8 Å². The number of amides is 1. The molecular formula is C28H36BrN5O2. The van der Waals surface area contributed by atoms with Gasteiger partial charge in [0.15, 0.2) is 5.65 Å². The van der Waals surface area contributed by atoms with Gasteiger partial charge in [0.25, 0.3) is 5.91 Å². The third kappa shape index (κ3) is 5.44. The van der Waals surface area contributed by atoms with Crippen LogP contribution < -0.4 is 4.74 Å². The lowest BCUT2D eigenvalue weighted by Gasteiger charge is -2.30. The minimum Gasteiger partial charge on any atom is -0.496 e. The molecule has 1 amide bonds. The molecule has 2 saturated heterocycles. The second kappa shape index (κ2) is 11.3. The van der Waals surface area contributed by atoms with Gasteiger partial charge in [0.1, 0.15) is 17.1 Å². The standard InChI is InChI=1S/C28H36BrN5O2/c1-20-9-15-33(16-10-20)28(35)22-18-24-27(30-19-22)34(14-6-5-13-32-11-3-4-12-32)26(31-24)21-7-8-25(36-2)23(29)17-21/h7-8,17-20H,3-6,9-16H2,1-2H3. The highest BCUT2D eigenvalue weighted by atomic mass is 79.9. The predicted molar refractivity (Wildman–Crippen MR) is 146 cm³/mol. The number of imidazole rings is 1. The Kier molecular flexibility index (Phi) is 7.91. The number of ether oxygens (including phenoxy) is 1. The summed E-state index contributed by atoms with van der Waals surface area (Å²) in [6, 6.07) is 7.95. The van der Waals surface area contributed by atoms with E-state index in [1.807, 2.05) is 29.2 Å². The van der Waals surface area contributed by atoms with Crippen LogP contribution in [0.3, 0.4) is 0 Å². The Morgan fingerprint density at radius 3 is 2.56 bits per heavy atom. The molecule has 192 valence electrons. The van der Waals surface area contributed by atoms with E-state index in [1.54, 1.807) is 13.3 Å². The Labute approximate surface area is 222 Å². The largest absolute Gasteiger partial charge is 0.496 e. The van der Waals surface area contributed by atoms with Gasteiger partial charge in [-0.2, -0.15) is 0 Å². The molecule has 0 saturated carbocycles. The third-order valence-corrected chi connectivity index (χ3v) is 8.24. The number of nitrogens with zero attached hydrogens (tertiary/aromatic N) is 5. The maximum atomic E-state index is 13.2. The second-order valence-corrected chi connectivity index (χ2v) is 11.1. The zero-order valence-corrected chi connectivity index (χ0v) is 23.0. The number of carbonyl (C=O) groups excluding carboxylic acids is 1. The quantitative estimate of drug-likeness (QED) is 0.339. The first-order valence-corrected chi connectivity index (χ1v) is 14.0. The van der Waals surface area contributed by atoms with Gasteiger partial charge in [-0.3, -0.25) is 4.79 Å². The average molecular weight is 555 g/mol. The van der Waals surface area contributed by atoms with Crippen LogP contribution in [0, 0.1) is 5.92 Å². The topological polar surface area (TPSA) is 63.5 Å². The Morgan fingerprint density at radius 1 is 1.08 bits per heavy atom. The predicted octanol–water partition coefficient (Wildman–Crippen LogP) is 5.62. The molecule has 2 aromatic heterocycles. The Hall–Kier alpha value is -2.45. The monoisotopic (exact) mass is 553 g/mol. The maximum Gasteiger partial charge on any atom is 0.255 e. The first-order valence-electron chi connectivity index (χ1n) is 13.3. The van der Waals surface area contributed by atoms with Crippen molar-refractivity contribution in [2.24, 2.45) is 5.92 Å². The molecule has 0 spiro atoms. The van der Waals surface area contributed by atoms with Crippen molar-refractivity contribution in [1.82, 2.24) is 24.3 Å². The Bertz CT molecular complexity index is 1210. The van der Waals surface area contributed by atoms with Crippen LogP contribution in [0.5, 0.6) is 5.75 Å². The fourth-order valence-electron chi connectivity index (χ4n) is 5.37. The normalized spacial score (nSPS) is 17.2. The molecule has 2 fully saturated rings. The Balaban J connectivity index is 1.42. The number of piperidine rings is 1. The number of rotatable bonds is 8. The summed E-state index contributed by atoms with van der Waals surface area (Å²) >= 11 is 3.62. The number of methoxy groups -OCH3 is 1. The number of benzene rings is 1. The van der Waals surface area contributed by atoms with Crippen molar-refractivity contribution in [3.8, 4) is 17.1 Å². The van der Waals surface area contributed by atoms with Crippen molar-refractivity contribution in [3.63, 3.8) is 0 Å². The summed E-state index contributed by atoms with van der Waals surface area (Å²) in [7, 11) is 1.67. The minimum atomic E-state index is 0.0604. The number of pyridine rings is 1. The fourth-order valence-corrected chi connectivity index (χ4v) is 5.91. The van der Waals surface area contributed by atoms with Crippen LogP contribution in [-0.2, 0) is 6.54 Å². The zero-order chi connectivity index (χ0) is 25.1. The molecule has 5 rings (SSSR count). The molecule has 0 bridgehead atoms.